The van der Waals surface area contributed by atoms with Crippen molar-refractivity contribution in [2.45, 2.75) is 12.5 Å². The van der Waals surface area contributed by atoms with E-state index >= 15 is 0 Å². The van der Waals surface area contributed by atoms with Crippen LogP contribution >= 0.6 is 0 Å². The molecule has 0 fully saturated rings. The third kappa shape index (κ3) is 13.2. The van der Waals surface area contributed by atoms with Crippen LogP contribution in [0.4, 0.5) is 0 Å². The maximum Gasteiger partial charge on any atom is 0.501 e. The minimum atomic E-state index is -2.83. The zero-order chi connectivity index (χ0) is 17.9. The molecule has 0 aromatic rings. The van der Waals surface area contributed by atoms with Crippen LogP contribution < -0.4 is 0 Å². The maximum absolute atomic E-state index is 5.97. The Balaban J connectivity index is 4.48. The first-order valence-electron chi connectivity index (χ1n) is 8.20. The monoisotopic (exact) mass is 370 g/mol. The van der Waals surface area contributed by atoms with Crippen LogP contribution in [0.25, 0.3) is 0 Å². The Morgan fingerprint density at radius 2 is 0.917 bits per heavy atom. The number of ether oxygens (including phenoxy) is 5. The van der Waals surface area contributed by atoms with Crippen molar-refractivity contribution in [2.75, 3.05) is 87.9 Å². The number of hydrogen-bond donors (Lipinski definition) is 0. The van der Waals surface area contributed by atoms with E-state index in [-0.39, 0.29) is 0 Å². The zero-order valence-corrected chi connectivity index (χ0v) is 16.5. The standard InChI is InChI=1S/C15H34O8Si/c1-16-7-11-20-6-5-15-24(21-12-8-17-2,22-13-9-18-3)23-14-10-19-4/h5-15H2,1-4H3. The Morgan fingerprint density at radius 3 is 1.33 bits per heavy atom. The first-order chi connectivity index (χ1) is 11.7. The van der Waals surface area contributed by atoms with E-state index in [9.17, 15) is 0 Å². The second kappa shape index (κ2) is 17.7. The summed E-state index contributed by atoms with van der Waals surface area (Å²) >= 11 is 0. The second-order valence-electron chi connectivity index (χ2n) is 4.92. The molecule has 0 saturated heterocycles. The van der Waals surface area contributed by atoms with Crippen LogP contribution in [0.15, 0.2) is 0 Å². The average molecular weight is 371 g/mol. The quantitative estimate of drug-likeness (QED) is 0.246. The Morgan fingerprint density at radius 1 is 0.500 bits per heavy atom. The third-order valence-corrected chi connectivity index (χ3v) is 5.93. The van der Waals surface area contributed by atoms with Crippen LogP contribution in [0, 0.1) is 0 Å². The van der Waals surface area contributed by atoms with Crippen molar-refractivity contribution in [3.8, 4) is 0 Å². The summed E-state index contributed by atoms with van der Waals surface area (Å²) in [5.41, 5.74) is 0. The summed E-state index contributed by atoms with van der Waals surface area (Å²) in [5, 5.41) is 0. The van der Waals surface area contributed by atoms with Gasteiger partial charge in [-0.1, -0.05) is 0 Å². The van der Waals surface area contributed by atoms with E-state index in [2.05, 4.69) is 0 Å². The van der Waals surface area contributed by atoms with Crippen LogP contribution in [0.5, 0.6) is 0 Å². The van der Waals surface area contributed by atoms with Gasteiger partial charge in [0.1, 0.15) is 0 Å². The maximum atomic E-state index is 5.97. The number of hydrogen-bond acceptors (Lipinski definition) is 8. The van der Waals surface area contributed by atoms with Crippen molar-refractivity contribution in [1.29, 1.82) is 0 Å². The van der Waals surface area contributed by atoms with E-state index in [0.29, 0.717) is 65.5 Å². The molecule has 0 aromatic heterocycles. The van der Waals surface area contributed by atoms with E-state index in [1.807, 2.05) is 0 Å². The zero-order valence-electron chi connectivity index (χ0n) is 15.5. The van der Waals surface area contributed by atoms with Gasteiger partial charge >= 0.3 is 8.80 Å². The lowest BCUT2D eigenvalue weighted by Crippen LogP contribution is -2.48. The lowest BCUT2D eigenvalue weighted by atomic mass is 10.5. The molecule has 146 valence electrons. The van der Waals surface area contributed by atoms with E-state index in [0.717, 1.165) is 6.42 Å². The molecule has 0 atom stereocenters. The van der Waals surface area contributed by atoms with E-state index in [4.69, 9.17) is 37.0 Å². The molecule has 0 aliphatic carbocycles. The number of rotatable bonds is 19. The number of methoxy groups -OCH3 is 4. The smallest absolute Gasteiger partial charge is 0.382 e. The van der Waals surface area contributed by atoms with Crippen LogP contribution in [-0.4, -0.2) is 96.7 Å². The van der Waals surface area contributed by atoms with Crippen molar-refractivity contribution >= 4 is 8.80 Å². The van der Waals surface area contributed by atoms with Crippen molar-refractivity contribution in [2.24, 2.45) is 0 Å². The largest absolute Gasteiger partial charge is 0.501 e. The highest BCUT2D eigenvalue weighted by atomic mass is 28.4. The molecule has 0 N–H and O–H groups in total. The van der Waals surface area contributed by atoms with Crippen molar-refractivity contribution in [3.05, 3.63) is 0 Å². The van der Waals surface area contributed by atoms with Gasteiger partial charge in [0, 0.05) is 41.1 Å². The van der Waals surface area contributed by atoms with Crippen LogP contribution in [0.1, 0.15) is 6.42 Å². The molecule has 0 spiro atoms. The summed E-state index contributed by atoms with van der Waals surface area (Å²) in [7, 11) is 3.72. The summed E-state index contributed by atoms with van der Waals surface area (Å²) in [6, 6.07) is 0.664. The highest BCUT2D eigenvalue weighted by Crippen LogP contribution is 2.18. The molecule has 24 heavy (non-hydrogen) atoms. The lowest BCUT2D eigenvalue weighted by molar-refractivity contribution is 0.0119. The lowest BCUT2D eigenvalue weighted by Gasteiger charge is -2.29. The van der Waals surface area contributed by atoms with E-state index in [1.54, 1.807) is 28.4 Å². The summed E-state index contributed by atoms with van der Waals surface area (Å²) in [6.07, 6.45) is 0.781. The molecule has 8 nitrogen and oxygen atoms in total. The SMILES string of the molecule is COCCOCCC[Si](OCCOC)(OCCOC)OCCOC. The van der Waals surface area contributed by atoms with Gasteiger partial charge in [0.2, 0.25) is 0 Å². The molecule has 0 amide bonds. The fraction of sp³-hybridized carbons (Fsp3) is 1.00. The molecule has 0 aliphatic heterocycles. The van der Waals surface area contributed by atoms with Crippen LogP contribution in [0.3, 0.4) is 0 Å². The average Bonchev–Trinajstić information content (AvgIpc) is 2.58. The Hall–Kier alpha value is -0.103. The highest BCUT2D eigenvalue weighted by molar-refractivity contribution is 6.60. The Labute approximate surface area is 147 Å². The predicted molar refractivity (Wildman–Crippen MR) is 91.4 cm³/mol. The van der Waals surface area contributed by atoms with Gasteiger partial charge in [0.15, 0.2) is 0 Å². The molecule has 9 heteroatoms. The molecule has 0 aliphatic rings. The molecule has 0 rings (SSSR count). The summed E-state index contributed by atoms with van der Waals surface area (Å²) in [4.78, 5) is 0. The van der Waals surface area contributed by atoms with Crippen molar-refractivity contribution in [3.63, 3.8) is 0 Å². The molecular weight excluding hydrogens is 336 g/mol. The molecular formula is C15H34O8Si. The Bertz CT molecular complexity index is 231. The normalized spacial score (nSPS) is 12.0. The second-order valence-corrected chi connectivity index (χ2v) is 7.65. The van der Waals surface area contributed by atoms with Gasteiger partial charge in [-0.3, -0.25) is 0 Å². The van der Waals surface area contributed by atoms with Crippen molar-refractivity contribution < 1.29 is 37.0 Å². The summed E-state index contributed by atoms with van der Waals surface area (Å²) in [5.74, 6) is 0. The molecule has 0 radical (unpaired) electrons. The fourth-order valence-corrected chi connectivity index (χ4v) is 4.26. The fourth-order valence-electron chi connectivity index (χ4n) is 1.82. The van der Waals surface area contributed by atoms with Gasteiger partial charge in [-0.2, -0.15) is 0 Å². The third-order valence-electron chi connectivity index (χ3n) is 3.03. The van der Waals surface area contributed by atoms with E-state index in [1.165, 1.54) is 0 Å². The summed E-state index contributed by atoms with van der Waals surface area (Å²) < 4.78 is 43.5. The molecule has 0 heterocycles. The van der Waals surface area contributed by atoms with Gasteiger partial charge in [-0.15, -0.1) is 0 Å². The highest BCUT2D eigenvalue weighted by Gasteiger charge is 2.40. The van der Waals surface area contributed by atoms with Crippen LogP contribution in [0.2, 0.25) is 6.04 Å². The summed E-state index contributed by atoms with van der Waals surface area (Å²) in [6.45, 7) is 4.49. The minimum Gasteiger partial charge on any atom is -0.382 e. The predicted octanol–water partition coefficient (Wildman–Crippen LogP) is 0.967. The Kier molecular flexibility index (Phi) is 17.6. The topological polar surface area (TPSA) is 73.8 Å². The first kappa shape index (κ1) is 23.9. The molecule has 0 unspecified atom stereocenters. The van der Waals surface area contributed by atoms with Gasteiger partial charge in [-0.25, -0.2) is 0 Å². The minimum absolute atomic E-state index is 0.424. The molecule has 0 aromatic carbocycles. The molecule has 0 saturated carbocycles. The van der Waals surface area contributed by atoms with Crippen LogP contribution in [-0.2, 0) is 37.0 Å². The van der Waals surface area contributed by atoms with Gasteiger partial charge in [-0.05, 0) is 6.42 Å². The molecule has 0 bridgehead atoms. The van der Waals surface area contributed by atoms with Gasteiger partial charge in [0.05, 0.1) is 52.9 Å². The van der Waals surface area contributed by atoms with Gasteiger partial charge in [0.25, 0.3) is 0 Å². The first-order valence-corrected chi connectivity index (χ1v) is 10.1. The van der Waals surface area contributed by atoms with Gasteiger partial charge < -0.3 is 37.0 Å². The van der Waals surface area contributed by atoms with E-state index < -0.39 is 8.80 Å². The van der Waals surface area contributed by atoms with Crippen molar-refractivity contribution in [1.82, 2.24) is 0 Å².